The van der Waals surface area contributed by atoms with Crippen molar-refractivity contribution in [3.8, 4) is 0 Å². The highest BCUT2D eigenvalue weighted by Crippen LogP contribution is 2.33. The molecule has 0 fully saturated rings. The topological polar surface area (TPSA) is 101 Å². The number of fused-ring (bicyclic) bond motifs is 3. The molecule has 3 rings (SSSR count). The largest absolute Gasteiger partial charge is 0.452 e. The van der Waals surface area contributed by atoms with E-state index in [4.69, 9.17) is 4.74 Å². The lowest BCUT2D eigenvalue weighted by atomic mass is 9.97. The normalized spacial score (nSPS) is 15.7. The number of amides is 1. The second-order valence-corrected chi connectivity index (χ2v) is 9.24. The summed E-state index contributed by atoms with van der Waals surface area (Å²) in [4.78, 5) is 46.0. The highest BCUT2D eigenvalue weighted by molar-refractivity contribution is 7.99. The minimum atomic E-state index is -0.831. The van der Waals surface area contributed by atoms with Crippen LogP contribution in [0, 0.1) is 0 Å². The molecule has 0 aromatic carbocycles. The van der Waals surface area contributed by atoms with E-state index in [1.165, 1.54) is 16.6 Å². The van der Waals surface area contributed by atoms with Gasteiger partial charge >= 0.3 is 5.97 Å². The van der Waals surface area contributed by atoms with E-state index < -0.39 is 17.3 Å². The van der Waals surface area contributed by atoms with Crippen molar-refractivity contribution in [3.05, 3.63) is 26.6 Å². The Hall–Kier alpha value is -1.87. The van der Waals surface area contributed by atoms with Crippen molar-refractivity contribution in [2.24, 2.45) is 0 Å². The Morgan fingerprint density at radius 1 is 1.32 bits per heavy atom. The van der Waals surface area contributed by atoms with Crippen LogP contribution in [0.1, 0.15) is 49.9 Å². The smallest absolute Gasteiger partial charge is 0.319 e. The Morgan fingerprint density at radius 3 is 2.82 bits per heavy atom. The Bertz CT molecular complexity index is 937. The van der Waals surface area contributed by atoms with Crippen LogP contribution < -0.4 is 10.9 Å². The molecule has 152 valence electrons. The van der Waals surface area contributed by atoms with Gasteiger partial charge in [-0.25, -0.2) is 4.98 Å². The summed E-state index contributed by atoms with van der Waals surface area (Å²) in [5.41, 5.74) is 1.07. The number of rotatable bonds is 7. The Balaban J connectivity index is 1.64. The number of thioether (sulfide) groups is 1. The highest BCUT2D eigenvalue weighted by atomic mass is 32.2. The summed E-state index contributed by atoms with van der Waals surface area (Å²) >= 11 is 2.93. The van der Waals surface area contributed by atoms with Crippen LogP contribution in [0.5, 0.6) is 0 Å². The van der Waals surface area contributed by atoms with Crippen LogP contribution in [0.25, 0.3) is 10.2 Å². The zero-order valence-corrected chi connectivity index (χ0v) is 17.9. The number of carbonyl (C=O) groups is 2. The van der Waals surface area contributed by atoms with Gasteiger partial charge in [0, 0.05) is 11.4 Å². The maximum absolute atomic E-state index is 12.6. The van der Waals surface area contributed by atoms with E-state index in [9.17, 15) is 14.4 Å². The monoisotopic (exact) mass is 423 g/mol. The maximum atomic E-state index is 12.6. The molecule has 0 saturated carbocycles. The molecular formula is C19H25N3O4S2. The molecule has 0 bridgehead atoms. The van der Waals surface area contributed by atoms with Crippen LogP contribution in [0.2, 0.25) is 0 Å². The molecule has 2 aromatic rings. The van der Waals surface area contributed by atoms with Gasteiger partial charge in [0.15, 0.2) is 6.10 Å². The van der Waals surface area contributed by atoms with E-state index in [2.05, 4.69) is 15.3 Å². The summed E-state index contributed by atoms with van der Waals surface area (Å²) in [5.74, 6) is 0.168. The first kappa shape index (κ1) is 20.9. The van der Waals surface area contributed by atoms with Crippen LogP contribution in [0.4, 0.5) is 0 Å². The van der Waals surface area contributed by atoms with Crippen LogP contribution in [0.15, 0.2) is 4.79 Å². The average molecular weight is 424 g/mol. The van der Waals surface area contributed by atoms with Gasteiger partial charge in [0.05, 0.1) is 11.1 Å². The lowest BCUT2D eigenvalue weighted by molar-refractivity contribution is -0.153. The number of carbonyl (C=O) groups excluding carboxylic acids is 2. The van der Waals surface area contributed by atoms with Gasteiger partial charge in [0.2, 0.25) is 0 Å². The van der Waals surface area contributed by atoms with Crippen molar-refractivity contribution in [2.45, 2.75) is 63.6 Å². The average Bonchev–Trinajstić information content (AvgIpc) is 3.04. The third-order valence-electron chi connectivity index (χ3n) is 4.69. The number of aromatic nitrogens is 2. The number of H-pyrrole nitrogens is 1. The number of esters is 1. The van der Waals surface area contributed by atoms with Crippen molar-refractivity contribution in [3.63, 3.8) is 0 Å². The third kappa shape index (κ3) is 4.57. The summed E-state index contributed by atoms with van der Waals surface area (Å²) in [5, 5.41) is 2.88. The molecule has 7 nitrogen and oxygen atoms in total. The second kappa shape index (κ2) is 9.09. The molecule has 0 saturated heterocycles. The fraction of sp³-hybridized carbons (Fsp3) is 0.579. The van der Waals surface area contributed by atoms with Crippen LogP contribution >= 0.6 is 23.1 Å². The van der Waals surface area contributed by atoms with Crippen LogP contribution in [0.3, 0.4) is 0 Å². The number of aromatic amines is 1. The van der Waals surface area contributed by atoms with Gasteiger partial charge in [0.25, 0.3) is 11.5 Å². The molecule has 0 unspecified atom stereocenters. The fourth-order valence-corrected chi connectivity index (χ4v) is 5.21. The molecule has 2 N–H and O–H groups in total. The van der Waals surface area contributed by atoms with Crippen molar-refractivity contribution in [1.29, 1.82) is 0 Å². The zero-order chi connectivity index (χ0) is 20.3. The summed E-state index contributed by atoms with van der Waals surface area (Å²) in [6.45, 7) is 5.56. The summed E-state index contributed by atoms with van der Waals surface area (Å²) < 4.78 is 5.20. The zero-order valence-electron chi connectivity index (χ0n) is 16.3. The fourth-order valence-electron chi connectivity index (χ4n) is 3.19. The van der Waals surface area contributed by atoms with Gasteiger partial charge in [-0.1, -0.05) is 0 Å². The summed E-state index contributed by atoms with van der Waals surface area (Å²) in [7, 11) is 0. The molecule has 2 aromatic heterocycles. The number of aryl methyl sites for hydroxylation is 2. The lowest BCUT2D eigenvalue weighted by Crippen LogP contribution is -2.37. The number of thiophene rings is 1. The van der Waals surface area contributed by atoms with Gasteiger partial charge in [0.1, 0.15) is 15.9 Å². The Morgan fingerprint density at radius 2 is 2.07 bits per heavy atom. The molecule has 9 heteroatoms. The predicted molar refractivity (Wildman–Crippen MR) is 112 cm³/mol. The molecule has 0 spiro atoms. The third-order valence-corrected chi connectivity index (χ3v) is 7.01. The molecule has 1 aliphatic carbocycles. The lowest BCUT2D eigenvalue weighted by Gasteiger charge is -2.16. The first-order valence-corrected chi connectivity index (χ1v) is 11.4. The quantitative estimate of drug-likeness (QED) is 0.664. The molecule has 0 aliphatic heterocycles. The first-order valence-electron chi connectivity index (χ1n) is 9.54. The first-order chi connectivity index (χ1) is 13.4. The molecule has 2 heterocycles. The molecular weight excluding hydrogens is 398 g/mol. The summed E-state index contributed by atoms with van der Waals surface area (Å²) in [6, 6.07) is 0. The van der Waals surface area contributed by atoms with Gasteiger partial charge < -0.3 is 15.0 Å². The molecule has 1 aliphatic rings. The van der Waals surface area contributed by atoms with Crippen molar-refractivity contribution in [2.75, 3.05) is 6.54 Å². The van der Waals surface area contributed by atoms with Gasteiger partial charge in [-0.2, -0.15) is 0 Å². The number of nitrogens with one attached hydrogen (secondary N) is 2. The maximum Gasteiger partial charge on any atom is 0.319 e. The minimum absolute atomic E-state index is 0.0971. The predicted octanol–water partition coefficient (Wildman–Crippen LogP) is 2.55. The minimum Gasteiger partial charge on any atom is -0.452 e. The van der Waals surface area contributed by atoms with E-state index in [-0.39, 0.29) is 11.5 Å². The van der Waals surface area contributed by atoms with Crippen molar-refractivity contribution >= 4 is 45.2 Å². The SMILES string of the molecule is CCNC(=O)[C@H](C)OC(=O)[C@@H](C)SCc1nc2sc3c(c2c(=O)[nH]1)CCCC3. The van der Waals surface area contributed by atoms with Crippen molar-refractivity contribution < 1.29 is 14.3 Å². The molecule has 1 amide bonds. The molecule has 28 heavy (non-hydrogen) atoms. The molecule has 2 atom stereocenters. The Labute approximate surface area is 171 Å². The van der Waals surface area contributed by atoms with Crippen molar-refractivity contribution in [1.82, 2.24) is 15.3 Å². The van der Waals surface area contributed by atoms with Gasteiger partial charge in [-0.15, -0.1) is 23.1 Å². The van der Waals surface area contributed by atoms with E-state index >= 15 is 0 Å². The standard InChI is InChI=1S/C19H25N3O4S2/c1-4-20-16(23)10(2)26-19(25)11(3)27-9-14-21-17(24)15-12-7-5-6-8-13(12)28-18(15)22-14/h10-11H,4-9H2,1-3H3,(H,20,23)(H,21,22,24)/t10-,11+/m0/s1. The Kier molecular flexibility index (Phi) is 6.77. The van der Waals surface area contributed by atoms with Gasteiger partial charge in [-0.05, 0) is 52.0 Å². The number of nitrogens with zero attached hydrogens (tertiary/aromatic N) is 1. The van der Waals surface area contributed by atoms with Crippen LogP contribution in [-0.2, 0) is 32.9 Å². The van der Waals surface area contributed by atoms with E-state index in [0.717, 1.165) is 41.5 Å². The van der Waals surface area contributed by atoms with E-state index in [0.29, 0.717) is 18.1 Å². The highest BCUT2D eigenvalue weighted by Gasteiger charge is 2.23. The summed E-state index contributed by atoms with van der Waals surface area (Å²) in [6.07, 6.45) is 3.41. The number of likely N-dealkylation sites (N-methyl/N-ethyl adjacent to an activating group) is 1. The van der Waals surface area contributed by atoms with Gasteiger partial charge in [-0.3, -0.25) is 14.4 Å². The van der Waals surface area contributed by atoms with E-state index in [1.807, 2.05) is 0 Å². The van der Waals surface area contributed by atoms with E-state index in [1.54, 1.807) is 32.1 Å². The second-order valence-electron chi connectivity index (χ2n) is 6.83. The molecule has 0 radical (unpaired) electrons. The number of hydrogen-bond donors (Lipinski definition) is 2. The van der Waals surface area contributed by atoms with Crippen LogP contribution in [-0.4, -0.2) is 39.7 Å². The number of hydrogen-bond acceptors (Lipinski definition) is 7. The number of ether oxygens (including phenoxy) is 1.